The summed E-state index contributed by atoms with van der Waals surface area (Å²) in [6.07, 6.45) is 5.05. The number of hydrogen-bond acceptors (Lipinski definition) is 14. The summed E-state index contributed by atoms with van der Waals surface area (Å²) in [6, 6.07) is 25.9. The van der Waals surface area contributed by atoms with Gasteiger partial charge in [0.15, 0.2) is 12.2 Å². The van der Waals surface area contributed by atoms with Gasteiger partial charge in [-0.3, -0.25) is 9.80 Å². The van der Waals surface area contributed by atoms with Crippen LogP contribution in [0.4, 0.5) is 0 Å². The van der Waals surface area contributed by atoms with Crippen LogP contribution in [0.3, 0.4) is 0 Å². The Morgan fingerprint density at radius 3 is 1.18 bits per heavy atom. The predicted octanol–water partition coefficient (Wildman–Crippen LogP) is 8.59. The Labute approximate surface area is 393 Å². The number of rotatable bonds is 13. The fourth-order valence-electron chi connectivity index (χ4n) is 8.51. The number of likely N-dealkylation sites (tertiary alicyclic amines) is 2. The molecule has 2 aliphatic rings. The molecule has 2 atom stereocenters. The van der Waals surface area contributed by atoms with Crippen LogP contribution in [0.1, 0.15) is 97.1 Å². The van der Waals surface area contributed by atoms with Gasteiger partial charge >= 0.3 is 23.9 Å². The Morgan fingerprint density at radius 1 is 0.529 bits per heavy atom. The highest BCUT2D eigenvalue weighted by Crippen LogP contribution is 2.41. The maximum atomic E-state index is 12.9. The van der Waals surface area contributed by atoms with Crippen molar-refractivity contribution in [2.24, 2.45) is 0 Å². The molecule has 0 radical (unpaired) electrons. The van der Waals surface area contributed by atoms with Crippen LogP contribution in [-0.2, 0) is 32.2 Å². The van der Waals surface area contributed by atoms with E-state index in [1.165, 1.54) is 25.7 Å². The van der Waals surface area contributed by atoms with Gasteiger partial charge in [0.2, 0.25) is 0 Å². The standard InChI is InChI=1S/2C24H27NO4.C4H6O6/c2*1-2-28-24(27)22-21-18(16-25-14-8-3-4-9-15-25)19(26)12-13-20(21)29-23(22)17-10-6-5-7-11-17;5-1(3(7)8)2(6)4(9)10/h2*5-7,10-13,26H,2-4,8-9,14-16H2,1H3;1-2,5-6H,(H,7,8)(H,9,10). The zero-order valence-corrected chi connectivity index (χ0v) is 38.4. The third-order valence-electron chi connectivity index (χ3n) is 11.9. The Kier molecular flexibility index (Phi) is 18.1. The number of nitrogens with zero attached hydrogens (tertiary/aromatic N) is 2. The van der Waals surface area contributed by atoms with E-state index in [1.807, 2.05) is 60.7 Å². The van der Waals surface area contributed by atoms with E-state index in [1.54, 1.807) is 38.1 Å². The second-order valence-corrected chi connectivity index (χ2v) is 16.6. The number of esters is 2. The van der Waals surface area contributed by atoms with Crippen molar-refractivity contribution >= 4 is 45.8 Å². The van der Waals surface area contributed by atoms with E-state index >= 15 is 0 Å². The number of aliphatic carboxylic acids is 2. The molecule has 2 fully saturated rings. The topological polar surface area (TPSA) is 241 Å². The van der Waals surface area contributed by atoms with Crippen molar-refractivity contribution < 1.29 is 68.1 Å². The number of benzene rings is 4. The molecule has 2 unspecified atom stereocenters. The summed E-state index contributed by atoms with van der Waals surface area (Å²) in [7, 11) is 0. The molecule has 4 aromatic carbocycles. The zero-order chi connectivity index (χ0) is 48.7. The summed E-state index contributed by atoms with van der Waals surface area (Å²) in [5.41, 5.74) is 5.07. The van der Waals surface area contributed by atoms with E-state index in [0.717, 1.165) is 74.1 Å². The molecular formula is C52H60N2O14. The number of aliphatic hydroxyl groups is 2. The summed E-state index contributed by atoms with van der Waals surface area (Å²) in [5.74, 6) is -3.03. The lowest BCUT2D eigenvalue weighted by atomic mass is 10.0. The van der Waals surface area contributed by atoms with Crippen LogP contribution < -0.4 is 0 Å². The highest BCUT2D eigenvalue weighted by atomic mass is 16.5. The molecule has 2 aliphatic heterocycles. The van der Waals surface area contributed by atoms with Crippen molar-refractivity contribution in [2.75, 3.05) is 39.4 Å². The largest absolute Gasteiger partial charge is 0.508 e. The highest BCUT2D eigenvalue weighted by Gasteiger charge is 2.31. The van der Waals surface area contributed by atoms with E-state index in [-0.39, 0.29) is 24.7 Å². The third kappa shape index (κ3) is 12.4. The average Bonchev–Trinajstić information content (AvgIpc) is 3.67. The number of carbonyl (C=O) groups excluding carboxylic acids is 2. The van der Waals surface area contributed by atoms with Crippen LogP contribution in [0.15, 0.2) is 93.8 Å². The molecule has 0 bridgehead atoms. The number of carbonyl (C=O) groups is 4. The lowest BCUT2D eigenvalue weighted by Crippen LogP contribution is -2.39. The number of carboxylic acids is 2. The van der Waals surface area contributed by atoms with Gasteiger partial charge in [-0.2, -0.15) is 0 Å². The van der Waals surface area contributed by atoms with Crippen LogP contribution in [0, 0.1) is 0 Å². The molecule has 0 amide bonds. The normalized spacial score (nSPS) is 15.4. The van der Waals surface area contributed by atoms with Crippen LogP contribution in [0.5, 0.6) is 11.5 Å². The highest BCUT2D eigenvalue weighted by molar-refractivity contribution is 6.11. The first kappa shape index (κ1) is 50.7. The number of phenols is 2. The average molecular weight is 937 g/mol. The zero-order valence-electron chi connectivity index (χ0n) is 38.4. The molecular weight excluding hydrogens is 877 g/mol. The minimum atomic E-state index is -2.27. The van der Waals surface area contributed by atoms with E-state index in [0.29, 0.717) is 57.7 Å². The Hall–Kier alpha value is -6.72. The van der Waals surface area contributed by atoms with E-state index in [4.69, 9.17) is 38.7 Å². The molecule has 4 heterocycles. The third-order valence-corrected chi connectivity index (χ3v) is 11.9. The molecule has 2 aromatic heterocycles. The van der Waals surface area contributed by atoms with Gasteiger partial charge in [0, 0.05) is 46.1 Å². The van der Waals surface area contributed by atoms with Crippen molar-refractivity contribution in [3.05, 3.63) is 107 Å². The molecule has 2 saturated heterocycles. The van der Waals surface area contributed by atoms with Gasteiger partial charge in [-0.15, -0.1) is 0 Å². The molecule has 0 saturated carbocycles. The first-order valence-corrected chi connectivity index (χ1v) is 23.1. The number of phenolic OH excluding ortho intramolecular Hbond substituents is 2. The van der Waals surface area contributed by atoms with Crippen LogP contribution in [0.2, 0.25) is 0 Å². The number of ether oxygens (including phenoxy) is 2. The lowest BCUT2D eigenvalue weighted by molar-refractivity contribution is -0.165. The van der Waals surface area contributed by atoms with Gasteiger partial charge in [0.05, 0.1) is 13.2 Å². The molecule has 68 heavy (non-hydrogen) atoms. The first-order chi connectivity index (χ1) is 32.8. The van der Waals surface area contributed by atoms with Crippen LogP contribution >= 0.6 is 0 Å². The molecule has 16 heteroatoms. The number of aromatic hydroxyl groups is 2. The lowest BCUT2D eigenvalue weighted by Gasteiger charge is -2.21. The van der Waals surface area contributed by atoms with Crippen molar-refractivity contribution in [3.63, 3.8) is 0 Å². The maximum Gasteiger partial charge on any atom is 0.342 e. The first-order valence-electron chi connectivity index (χ1n) is 23.1. The van der Waals surface area contributed by atoms with E-state index in [9.17, 15) is 29.4 Å². The molecule has 16 nitrogen and oxygen atoms in total. The van der Waals surface area contributed by atoms with Crippen LogP contribution in [0.25, 0.3) is 44.6 Å². The van der Waals surface area contributed by atoms with Gasteiger partial charge in [-0.25, -0.2) is 19.2 Å². The Bertz CT molecular complexity index is 2440. The van der Waals surface area contributed by atoms with E-state index in [2.05, 4.69) is 9.80 Å². The summed E-state index contributed by atoms with van der Waals surface area (Å²) < 4.78 is 23.0. The maximum absolute atomic E-state index is 12.9. The molecule has 362 valence electrons. The fraction of sp³-hybridized carbons (Fsp3) is 0.385. The van der Waals surface area contributed by atoms with Crippen molar-refractivity contribution in [1.82, 2.24) is 9.80 Å². The quantitative estimate of drug-likeness (QED) is 0.0594. The van der Waals surface area contributed by atoms with Crippen LogP contribution in [-0.4, -0.2) is 116 Å². The predicted molar refractivity (Wildman–Crippen MR) is 253 cm³/mol. The number of carboxylic acid groups (broad SMARTS) is 2. The SMILES string of the molecule is CCOC(=O)c1c(-c2ccccc2)oc2ccc(O)c(CN3CCCCCC3)c12.CCOC(=O)c1c(-c2ccccc2)oc2ccc(O)c(CN3CCCCCC3)c12.O=C(O)C(O)C(O)C(=O)O. The summed E-state index contributed by atoms with van der Waals surface area (Å²) in [6.45, 7) is 9.28. The summed E-state index contributed by atoms with van der Waals surface area (Å²) in [4.78, 5) is 50.1. The molecule has 6 aromatic rings. The number of furan rings is 2. The van der Waals surface area contributed by atoms with Gasteiger partial charge in [-0.05, 0) is 90.0 Å². The smallest absolute Gasteiger partial charge is 0.342 e. The van der Waals surface area contributed by atoms with Gasteiger partial charge in [-0.1, -0.05) is 86.3 Å². The van der Waals surface area contributed by atoms with Gasteiger partial charge in [0.1, 0.15) is 45.3 Å². The molecule has 8 rings (SSSR count). The second-order valence-electron chi connectivity index (χ2n) is 16.6. The molecule has 6 N–H and O–H groups in total. The van der Waals surface area contributed by atoms with Crippen molar-refractivity contribution in [2.45, 2.75) is 90.5 Å². The molecule has 0 spiro atoms. The fourth-order valence-corrected chi connectivity index (χ4v) is 8.51. The second kappa shape index (κ2) is 24.3. The number of hydrogen-bond donors (Lipinski definition) is 6. The Balaban J connectivity index is 0.000000187. The summed E-state index contributed by atoms with van der Waals surface area (Å²) in [5, 5.41) is 55.3. The minimum Gasteiger partial charge on any atom is -0.508 e. The number of fused-ring (bicyclic) bond motifs is 2. The number of aliphatic hydroxyl groups excluding tert-OH is 2. The van der Waals surface area contributed by atoms with Crippen molar-refractivity contribution in [1.29, 1.82) is 0 Å². The monoisotopic (exact) mass is 936 g/mol. The summed E-state index contributed by atoms with van der Waals surface area (Å²) >= 11 is 0. The van der Waals surface area contributed by atoms with Gasteiger partial charge in [0.25, 0.3) is 0 Å². The van der Waals surface area contributed by atoms with Gasteiger partial charge < -0.3 is 48.9 Å². The molecule has 0 aliphatic carbocycles. The Morgan fingerprint density at radius 2 is 0.868 bits per heavy atom. The van der Waals surface area contributed by atoms with E-state index < -0.39 is 36.1 Å². The minimum absolute atomic E-state index is 0.188. The van der Waals surface area contributed by atoms with Crippen molar-refractivity contribution in [3.8, 4) is 34.1 Å².